The van der Waals surface area contributed by atoms with Crippen LogP contribution in [-0.2, 0) is 0 Å². The van der Waals surface area contributed by atoms with Gasteiger partial charge in [0.25, 0.3) is 5.91 Å². The van der Waals surface area contributed by atoms with Gasteiger partial charge in [-0.05, 0) is 50.7 Å². The van der Waals surface area contributed by atoms with E-state index in [0.717, 1.165) is 23.9 Å². The molecule has 36 heavy (non-hydrogen) atoms. The minimum atomic E-state index is -0.971. The number of hydrogen-bond acceptors (Lipinski definition) is 7. The Kier molecular flexibility index (Phi) is 7.62. The molecule has 3 rings (SSSR count). The molecule has 196 valence electrons. The highest BCUT2D eigenvalue weighted by Crippen LogP contribution is 2.29. The zero-order valence-corrected chi connectivity index (χ0v) is 23.1. The summed E-state index contributed by atoms with van der Waals surface area (Å²) in [6.45, 7) is 20.5. The van der Waals surface area contributed by atoms with Crippen molar-refractivity contribution in [2.75, 3.05) is 36.4 Å². The molecule has 2 N–H and O–H groups in total. The molecule has 1 aliphatic heterocycles. The van der Waals surface area contributed by atoms with Gasteiger partial charge in [-0.2, -0.15) is 0 Å². The zero-order valence-electron chi connectivity index (χ0n) is 23.1. The third kappa shape index (κ3) is 5.94. The van der Waals surface area contributed by atoms with E-state index in [0.29, 0.717) is 36.6 Å². The number of aromatic carboxylic acids is 1. The van der Waals surface area contributed by atoms with Crippen LogP contribution in [0, 0.1) is 19.3 Å². The molecular formula is C27H40N6O3. The molecule has 0 bridgehead atoms. The quantitative estimate of drug-likeness (QED) is 0.601. The van der Waals surface area contributed by atoms with Gasteiger partial charge in [-0.25, -0.2) is 19.7 Å². The van der Waals surface area contributed by atoms with Gasteiger partial charge < -0.3 is 20.2 Å². The summed E-state index contributed by atoms with van der Waals surface area (Å²) in [5, 5.41) is 12.8. The highest BCUT2D eigenvalue weighted by atomic mass is 16.4. The largest absolute Gasteiger partial charge is 0.478 e. The summed E-state index contributed by atoms with van der Waals surface area (Å²) >= 11 is 0. The number of rotatable bonds is 6. The van der Waals surface area contributed by atoms with Crippen molar-refractivity contribution < 1.29 is 14.7 Å². The minimum Gasteiger partial charge on any atom is -0.478 e. The summed E-state index contributed by atoms with van der Waals surface area (Å²) < 4.78 is 0. The Bertz CT molecular complexity index is 1130. The van der Waals surface area contributed by atoms with Gasteiger partial charge in [0.15, 0.2) is 0 Å². The third-order valence-electron chi connectivity index (χ3n) is 6.42. The fourth-order valence-corrected chi connectivity index (χ4v) is 4.56. The van der Waals surface area contributed by atoms with E-state index in [4.69, 9.17) is 4.98 Å². The van der Waals surface area contributed by atoms with Crippen molar-refractivity contribution in [1.29, 1.82) is 0 Å². The second-order valence-electron chi connectivity index (χ2n) is 11.8. The first kappa shape index (κ1) is 27.4. The molecule has 1 saturated heterocycles. The molecule has 0 unspecified atom stereocenters. The molecule has 0 aliphatic carbocycles. The molecule has 9 heteroatoms. The second-order valence-corrected chi connectivity index (χ2v) is 11.8. The standard InChI is InChI=1S/C27H40N6O3/c1-16(2)22-23(29-14-26(5,6)7)28-13-19(31-22)24(34)33-11-10-32(15-27(33,8)9)20-12-17(3)21(25(35)36)18(4)30-20/h12-13,16H,10-11,14-15H2,1-9H3,(H,28,29)(H,35,36). The lowest BCUT2D eigenvalue weighted by Gasteiger charge is -2.47. The number of piperazine rings is 1. The van der Waals surface area contributed by atoms with Gasteiger partial charge in [0.1, 0.15) is 17.3 Å². The number of carbonyl (C=O) groups is 2. The van der Waals surface area contributed by atoms with Crippen LogP contribution in [0.1, 0.15) is 92.2 Å². The number of carbonyl (C=O) groups excluding carboxylic acids is 1. The summed E-state index contributed by atoms with van der Waals surface area (Å²) in [7, 11) is 0. The first-order valence-corrected chi connectivity index (χ1v) is 12.5. The number of aryl methyl sites for hydroxylation is 2. The summed E-state index contributed by atoms with van der Waals surface area (Å²) in [5.41, 5.74) is 2.14. The van der Waals surface area contributed by atoms with Crippen molar-refractivity contribution in [3.8, 4) is 0 Å². The van der Waals surface area contributed by atoms with Crippen LogP contribution >= 0.6 is 0 Å². The van der Waals surface area contributed by atoms with Crippen molar-refractivity contribution in [3.63, 3.8) is 0 Å². The van der Waals surface area contributed by atoms with Gasteiger partial charge >= 0.3 is 5.97 Å². The SMILES string of the molecule is Cc1cc(N2CCN(C(=O)c3cnc(NCC(C)(C)C)c(C(C)C)n3)C(C)(C)C2)nc(C)c1C(=O)O. The Balaban J connectivity index is 1.82. The van der Waals surface area contributed by atoms with Crippen LogP contribution in [0.2, 0.25) is 0 Å². The molecule has 2 aromatic heterocycles. The molecule has 0 spiro atoms. The topological polar surface area (TPSA) is 112 Å². The summed E-state index contributed by atoms with van der Waals surface area (Å²) in [4.78, 5) is 43.0. The normalized spacial score (nSPS) is 15.8. The number of nitrogens with one attached hydrogen (secondary N) is 1. The average molecular weight is 497 g/mol. The lowest BCUT2D eigenvalue weighted by molar-refractivity contribution is 0.0506. The summed E-state index contributed by atoms with van der Waals surface area (Å²) in [6, 6.07) is 1.81. The van der Waals surface area contributed by atoms with Gasteiger partial charge in [0, 0.05) is 26.2 Å². The highest BCUT2D eigenvalue weighted by molar-refractivity contribution is 5.93. The van der Waals surface area contributed by atoms with Crippen LogP contribution < -0.4 is 10.2 Å². The molecule has 0 atom stereocenters. The Labute approximate surface area is 214 Å². The monoisotopic (exact) mass is 496 g/mol. The van der Waals surface area contributed by atoms with E-state index in [1.54, 1.807) is 20.0 Å². The molecule has 0 aromatic carbocycles. The fourth-order valence-electron chi connectivity index (χ4n) is 4.56. The molecule has 1 aliphatic rings. The van der Waals surface area contributed by atoms with Gasteiger partial charge in [-0.3, -0.25) is 4.79 Å². The first-order valence-electron chi connectivity index (χ1n) is 12.5. The van der Waals surface area contributed by atoms with E-state index < -0.39 is 11.5 Å². The lowest BCUT2D eigenvalue weighted by atomic mass is 9.97. The smallest absolute Gasteiger partial charge is 0.337 e. The summed E-state index contributed by atoms with van der Waals surface area (Å²) in [6.07, 6.45) is 1.57. The average Bonchev–Trinajstić information content (AvgIpc) is 2.75. The molecular weight excluding hydrogens is 456 g/mol. The Morgan fingerprint density at radius 2 is 1.83 bits per heavy atom. The Morgan fingerprint density at radius 1 is 1.17 bits per heavy atom. The van der Waals surface area contributed by atoms with Crippen LogP contribution in [0.5, 0.6) is 0 Å². The van der Waals surface area contributed by atoms with Gasteiger partial charge in [0.2, 0.25) is 0 Å². The number of anilines is 2. The number of aromatic nitrogens is 3. The van der Waals surface area contributed by atoms with Crippen LogP contribution in [0.15, 0.2) is 12.3 Å². The number of hydrogen-bond donors (Lipinski definition) is 2. The van der Waals surface area contributed by atoms with Crippen molar-refractivity contribution in [3.05, 3.63) is 40.5 Å². The number of amides is 1. The van der Waals surface area contributed by atoms with E-state index >= 15 is 0 Å². The number of carboxylic acid groups (broad SMARTS) is 1. The van der Waals surface area contributed by atoms with Gasteiger partial charge in [-0.1, -0.05) is 34.6 Å². The number of carboxylic acids is 1. The maximum Gasteiger partial charge on any atom is 0.337 e. The van der Waals surface area contributed by atoms with E-state index in [-0.39, 0.29) is 22.8 Å². The van der Waals surface area contributed by atoms with Crippen molar-refractivity contribution >= 4 is 23.5 Å². The van der Waals surface area contributed by atoms with Crippen LogP contribution in [-0.4, -0.2) is 68.6 Å². The first-order chi connectivity index (χ1) is 16.6. The molecule has 3 heterocycles. The summed E-state index contributed by atoms with van der Waals surface area (Å²) in [5.74, 6) is 0.455. The molecule has 0 saturated carbocycles. The molecule has 9 nitrogen and oxygen atoms in total. The van der Waals surface area contributed by atoms with E-state index in [1.807, 2.05) is 24.8 Å². The molecule has 0 radical (unpaired) electrons. The van der Waals surface area contributed by atoms with Gasteiger partial charge in [0.05, 0.1) is 28.7 Å². The third-order valence-corrected chi connectivity index (χ3v) is 6.42. The minimum absolute atomic E-state index is 0.0913. The van der Waals surface area contributed by atoms with E-state index in [1.165, 1.54) is 0 Å². The van der Waals surface area contributed by atoms with Crippen molar-refractivity contribution in [2.24, 2.45) is 5.41 Å². The van der Waals surface area contributed by atoms with Crippen LogP contribution in [0.3, 0.4) is 0 Å². The van der Waals surface area contributed by atoms with Crippen LogP contribution in [0.25, 0.3) is 0 Å². The zero-order chi connectivity index (χ0) is 27.0. The van der Waals surface area contributed by atoms with E-state index in [2.05, 4.69) is 54.8 Å². The molecule has 2 aromatic rings. The number of nitrogens with zero attached hydrogens (tertiary/aromatic N) is 5. The van der Waals surface area contributed by atoms with Crippen molar-refractivity contribution in [2.45, 2.75) is 73.8 Å². The number of pyridine rings is 1. The molecule has 1 fully saturated rings. The van der Waals surface area contributed by atoms with Gasteiger partial charge in [-0.15, -0.1) is 0 Å². The fraction of sp³-hybridized carbons (Fsp3) is 0.593. The highest BCUT2D eigenvalue weighted by Gasteiger charge is 2.38. The maximum atomic E-state index is 13.6. The lowest BCUT2D eigenvalue weighted by Crippen LogP contribution is -2.61. The Morgan fingerprint density at radius 3 is 2.36 bits per heavy atom. The van der Waals surface area contributed by atoms with Crippen molar-refractivity contribution in [1.82, 2.24) is 19.9 Å². The Hall–Kier alpha value is -3.23. The maximum absolute atomic E-state index is 13.6. The predicted molar refractivity (Wildman–Crippen MR) is 142 cm³/mol. The predicted octanol–water partition coefficient (Wildman–Crippen LogP) is 4.51. The van der Waals surface area contributed by atoms with Crippen LogP contribution in [0.4, 0.5) is 11.6 Å². The second kappa shape index (κ2) is 10.0. The molecule has 1 amide bonds. The van der Waals surface area contributed by atoms with E-state index in [9.17, 15) is 14.7 Å².